The van der Waals surface area contributed by atoms with Crippen LogP contribution in [-0.4, -0.2) is 21.4 Å². The number of pyridine rings is 1. The quantitative estimate of drug-likeness (QED) is 0.857. The standard InChI is InChI=1S/C16H17N3S/c1-2-8-16(7-1)11-20-15(19-16)18-14-5-3-4-12-10-17-9-6-13(12)14/h3-6,9-10H,1-2,7-8,11H2,(H,18,19). The number of hydrogen-bond acceptors (Lipinski definition) is 4. The predicted molar refractivity (Wildman–Crippen MR) is 86.5 cm³/mol. The lowest BCUT2D eigenvalue weighted by molar-refractivity contribution is 0.508. The Kier molecular flexibility index (Phi) is 2.91. The molecule has 1 aliphatic carbocycles. The van der Waals surface area contributed by atoms with E-state index in [-0.39, 0.29) is 5.54 Å². The lowest BCUT2D eigenvalue weighted by Crippen LogP contribution is -2.21. The molecule has 0 amide bonds. The molecule has 0 unspecified atom stereocenters. The number of aliphatic imine (C=N–C) groups is 1. The number of anilines is 1. The Morgan fingerprint density at radius 2 is 2.05 bits per heavy atom. The van der Waals surface area contributed by atoms with E-state index in [9.17, 15) is 0 Å². The van der Waals surface area contributed by atoms with Gasteiger partial charge in [-0.25, -0.2) is 0 Å². The maximum absolute atomic E-state index is 4.97. The molecule has 2 heterocycles. The molecule has 1 spiro atoms. The maximum atomic E-state index is 4.97. The smallest absolute Gasteiger partial charge is 0.161 e. The first kappa shape index (κ1) is 12.2. The summed E-state index contributed by atoms with van der Waals surface area (Å²) in [5.41, 5.74) is 1.37. The fourth-order valence-corrected chi connectivity index (χ4v) is 4.38. The van der Waals surface area contributed by atoms with E-state index in [1.54, 1.807) is 0 Å². The highest BCUT2D eigenvalue weighted by atomic mass is 32.2. The SMILES string of the molecule is c1cc(NC2=NC3(CCCC3)CS2)c2ccncc2c1. The van der Waals surface area contributed by atoms with Crippen LogP contribution in [0, 0.1) is 0 Å². The van der Waals surface area contributed by atoms with E-state index >= 15 is 0 Å². The van der Waals surface area contributed by atoms with Crippen LogP contribution in [0.25, 0.3) is 10.8 Å². The average Bonchev–Trinajstić information content (AvgIpc) is 3.10. The molecule has 1 aliphatic heterocycles. The molecule has 1 saturated carbocycles. The van der Waals surface area contributed by atoms with Crippen molar-refractivity contribution in [3.8, 4) is 0 Å². The maximum Gasteiger partial charge on any atom is 0.161 e. The molecule has 0 saturated heterocycles. The van der Waals surface area contributed by atoms with Gasteiger partial charge in [0.15, 0.2) is 5.17 Å². The molecular weight excluding hydrogens is 266 g/mol. The molecular formula is C16H17N3S. The van der Waals surface area contributed by atoms with Gasteiger partial charge >= 0.3 is 0 Å². The summed E-state index contributed by atoms with van der Waals surface area (Å²) < 4.78 is 0. The number of nitrogens with one attached hydrogen (secondary N) is 1. The summed E-state index contributed by atoms with van der Waals surface area (Å²) in [6.45, 7) is 0. The minimum Gasteiger partial charge on any atom is -0.334 e. The second kappa shape index (κ2) is 4.77. The van der Waals surface area contributed by atoms with Gasteiger partial charge in [-0.05, 0) is 25.0 Å². The van der Waals surface area contributed by atoms with Crippen molar-refractivity contribution in [1.29, 1.82) is 0 Å². The van der Waals surface area contributed by atoms with Crippen molar-refractivity contribution in [2.45, 2.75) is 31.2 Å². The molecule has 0 radical (unpaired) electrons. The summed E-state index contributed by atoms with van der Waals surface area (Å²) in [6, 6.07) is 8.33. The summed E-state index contributed by atoms with van der Waals surface area (Å²) in [5, 5.41) is 6.97. The normalized spacial score (nSPS) is 20.5. The molecule has 1 aromatic carbocycles. The molecule has 1 aromatic heterocycles. The van der Waals surface area contributed by atoms with Gasteiger partial charge in [0.2, 0.25) is 0 Å². The zero-order chi connectivity index (χ0) is 13.4. The van der Waals surface area contributed by atoms with Gasteiger partial charge in [-0.2, -0.15) is 0 Å². The van der Waals surface area contributed by atoms with Gasteiger partial charge in [0.25, 0.3) is 0 Å². The highest BCUT2D eigenvalue weighted by Gasteiger charge is 2.38. The highest BCUT2D eigenvalue weighted by Crippen LogP contribution is 2.41. The number of thioether (sulfide) groups is 1. The largest absolute Gasteiger partial charge is 0.334 e. The van der Waals surface area contributed by atoms with Crippen LogP contribution in [0.1, 0.15) is 25.7 Å². The van der Waals surface area contributed by atoms with Crippen LogP contribution in [-0.2, 0) is 0 Å². The van der Waals surface area contributed by atoms with Crippen LogP contribution < -0.4 is 5.32 Å². The van der Waals surface area contributed by atoms with E-state index in [2.05, 4.69) is 34.6 Å². The molecule has 2 aromatic rings. The van der Waals surface area contributed by atoms with Crippen molar-refractivity contribution in [3.63, 3.8) is 0 Å². The molecule has 4 heteroatoms. The molecule has 102 valence electrons. The number of rotatable bonds is 1. The number of nitrogens with zero attached hydrogens (tertiary/aromatic N) is 2. The minimum atomic E-state index is 0.235. The second-order valence-electron chi connectivity index (χ2n) is 5.66. The molecule has 1 N–H and O–H groups in total. The third-order valence-corrected chi connectivity index (χ3v) is 5.42. The molecule has 3 nitrogen and oxygen atoms in total. The molecule has 0 bridgehead atoms. The first-order valence-corrected chi connectivity index (χ1v) is 8.16. The first-order valence-electron chi connectivity index (χ1n) is 7.17. The van der Waals surface area contributed by atoms with Crippen LogP contribution >= 0.6 is 11.8 Å². The molecule has 20 heavy (non-hydrogen) atoms. The molecule has 1 fully saturated rings. The number of amidine groups is 1. The summed E-state index contributed by atoms with van der Waals surface area (Å²) in [4.78, 5) is 9.15. The zero-order valence-electron chi connectivity index (χ0n) is 11.3. The van der Waals surface area contributed by atoms with E-state index in [0.717, 1.165) is 22.0 Å². The van der Waals surface area contributed by atoms with Crippen molar-refractivity contribution in [1.82, 2.24) is 4.98 Å². The van der Waals surface area contributed by atoms with E-state index in [4.69, 9.17) is 4.99 Å². The Hall–Kier alpha value is -1.55. The fraction of sp³-hybridized carbons (Fsp3) is 0.375. The van der Waals surface area contributed by atoms with Gasteiger partial charge in [-0.3, -0.25) is 9.98 Å². The van der Waals surface area contributed by atoms with Crippen LogP contribution in [0.3, 0.4) is 0 Å². The van der Waals surface area contributed by atoms with E-state index < -0.39 is 0 Å². The summed E-state index contributed by atoms with van der Waals surface area (Å²) in [7, 11) is 0. The predicted octanol–water partition coefficient (Wildman–Crippen LogP) is 4.06. The van der Waals surface area contributed by atoms with Crippen molar-refractivity contribution in [2.24, 2.45) is 4.99 Å². The topological polar surface area (TPSA) is 37.3 Å². The fourth-order valence-electron chi connectivity index (χ4n) is 3.18. The second-order valence-corrected chi connectivity index (χ2v) is 6.63. The highest BCUT2D eigenvalue weighted by molar-refractivity contribution is 8.14. The van der Waals surface area contributed by atoms with Gasteiger partial charge in [0, 0.05) is 34.6 Å². The lowest BCUT2D eigenvalue weighted by atomic mass is 10.0. The Morgan fingerprint density at radius 1 is 1.15 bits per heavy atom. The lowest BCUT2D eigenvalue weighted by Gasteiger charge is -2.16. The van der Waals surface area contributed by atoms with E-state index in [0.29, 0.717) is 0 Å². The summed E-state index contributed by atoms with van der Waals surface area (Å²) >= 11 is 1.87. The number of hydrogen-bond donors (Lipinski definition) is 1. The third kappa shape index (κ3) is 2.08. The Morgan fingerprint density at radius 3 is 2.95 bits per heavy atom. The molecule has 4 rings (SSSR count). The zero-order valence-corrected chi connectivity index (χ0v) is 12.1. The number of fused-ring (bicyclic) bond motifs is 1. The van der Waals surface area contributed by atoms with Crippen molar-refractivity contribution in [3.05, 3.63) is 36.7 Å². The van der Waals surface area contributed by atoms with Gasteiger partial charge in [-0.1, -0.05) is 36.7 Å². The summed E-state index contributed by atoms with van der Waals surface area (Å²) in [5.74, 6) is 1.14. The Bertz CT molecular complexity index is 669. The average molecular weight is 283 g/mol. The first-order chi connectivity index (χ1) is 9.85. The monoisotopic (exact) mass is 283 g/mol. The van der Waals surface area contributed by atoms with Gasteiger partial charge in [0.05, 0.1) is 5.54 Å². The Balaban J connectivity index is 1.65. The van der Waals surface area contributed by atoms with Gasteiger partial charge < -0.3 is 5.32 Å². The molecule has 0 atom stereocenters. The van der Waals surface area contributed by atoms with E-state index in [1.807, 2.05) is 24.2 Å². The minimum absolute atomic E-state index is 0.235. The van der Waals surface area contributed by atoms with Crippen LogP contribution in [0.5, 0.6) is 0 Å². The van der Waals surface area contributed by atoms with Gasteiger partial charge in [-0.15, -0.1) is 0 Å². The van der Waals surface area contributed by atoms with Crippen molar-refractivity contribution < 1.29 is 0 Å². The van der Waals surface area contributed by atoms with Crippen molar-refractivity contribution >= 4 is 33.4 Å². The molecule has 2 aliphatic rings. The van der Waals surface area contributed by atoms with Crippen molar-refractivity contribution in [2.75, 3.05) is 11.1 Å². The number of benzene rings is 1. The summed E-state index contributed by atoms with van der Waals surface area (Å²) in [6.07, 6.45) is 8.92. The van der Waals surface area contributed by atoms with Crippen LogP contribution in [0.4, 0.5) is 5.69 Å². The number of aromatic nitrogens is 1. The van der Waals surface area contributed by atoms with E-state index in [1.165, 1.54) is 31.1 Å². The van der Waals surface area contributed by atoms with Gasteiger partial charge in [0.1, 0.15) is 0 Å². The third-order valence-electron chi connectivity index (χ3n) is 4.27. The van der Waals surface area contributed by atoms with Crippen LogP contribution in [0.2, 0.25) is 0 Å². The Labute approximate surface area is 122 Å². The van der Waals surface area contributed by atoms with Crippen LogP contribution in [0.15, 0.2) is 41.7 Å².